The van der Waals surface area contributed by atoms with E-state index in [4.69, 9.17) is 9.73 Å². The van der Waals surface area contributed by atoms with Crippen molar-refractivity contribution in [2.75, 3.05) is 52.5 Å². The number of rotatable bonds is 7. The molecule has 0 saturated carbocycles. The molecule has 6 nitrogen and oxygen atoms in total. The number of benzene rings is 1. The molecule has 0 amide bonds. The van der Waals surface area contributed by atoms with Crippen molar-refractivity contribution in [3.05, 3.63) is 35.6 Å². The average Bonchev–Trinajstić information content (AvgIpc) is 3.10. The van der Waals surface area contributed by atoms with Crippen molar-refractivity contribution >= 4 is 5.96 Å². The van der Waals surface area contributed by atoms with E-state index in [1.165, 1.54) is 6.07 Å². The molecule has 7 heteroatoms. The molecule has 1 aromatic rings. The summed E-state index contributed by atoms with van der Waals surface area (Å²) < 4.78 is 19.4. The Hall–Kier alpha value is -1.70. The minimum absolute atomic E-state index is 0.0354. The van der Waals surface area contributed by atoms with Gasteiger partial charge in [0.15, 0.2) is 5.96 Å². The molecule has 3 atom stereocenters. The van der Waals surface area contributed by atoms with Crippen LogP contribution in [0.3, 0.4) is 0 Å². The highest BCUT2D eigenvalue weighted by atomic mass is 19.1. The Labute approximate surface area is 180 Å². The van der Waals surface area contributed by atoms with Gasteiger partial charge in [0.25, 0.3) is 0 Å². The van der Waals surface area contributed by atoms with Gasteiger partial charge in [0.1, 0.15) is 5.82 Å². The topological polar surface area (TPSA) is 52.1 Å². The zero-order valence-electron chi connectivity index (χ0n) is 18.9. The molecule has 2 aliphatic rings. The predicted octanol–water partition coefficient (Wildman–Crippen LogP) is 2.48. The van der Waals surface area contributed by atoms with E-state index in [2.05, 4.69) is 48.1 Å². The van der Waals surface area contributed by atoms with Crippen LogP contribution in [0, 0.1) is 11.7 Å². The third-order valence-corrected chi connectivity index (χ3v) is 6.18. The molecular weight excluding hydrogens is 381 g/mol. The fourth-order valence-electron chi connectivity index (χ4n) is 4.32. The number of hydrogen-bond acceptors (Lipinski definition) is 4. The van der Waals surface area contributed by atoms with Crippen molar-refractivity contribution in [2.45, 2.75) is 45.8 Å². The lowest BCUT2D eigenvalue weighted by Gasteiger charge is -2.34. The normalized spacial score (nSPS) is 24.9. The first kappa shape index (κ1) is 23.0. The molecule has 2 aliphatic heterocycles. The number of likely N-dealkylation sites (tertiary alicyclic amines) is 1. The Morgan fingerprint density at radius 3 is 2.63 bits per heavy atom. The zero-order chi connectivity index (χ0) is 21.5. The maximum absolute atomic E-state index is 13.9. The van der Waals surface area contributed by atoms with Gasteiger partial charge < -0.3 is 15.4 Å². The van der Waals surface area contributed by atoms with Crippen molar-refractivity contribution in [1.82, 2.24) is 20.4 Å². The van der Waals surface area contributed by atoms with E-state index in [1.54, 1.807) is 12.1 Å². The van der Waals surface area contributed by atoms with E-state index in [1.807, 2.05) is 6.07 Å². The van der Waals surface area contributed by atoms with Crippen LogP contribution in [-0.4, -0.2) is 80.3 Å². The lowest BCUT2D eigenvalue weighted by atomic mass is 10.0. The standard InChI is InChI=1S/C23H38FN5O/c1-5-25-23(27-21-16-29(17(2)3)15-18(21)4)26-14-22(28-9-11-30-12-10-28)19-7-6-8-20(24)13-19/h6-8,13,17-18,21-22H,5,9-12,14-16H2,1-4H3,(H2,25,26,27). The second kappa shape index (κ2) is 11.1. The lowest BCUT2D eigenvalue weighted by molar-refractivity contribution is 0.0179. The quantitative estimate of drug-likeness (QED) is 0.525. The van der Waals surface area contributed by atoms with Crippen LogP contribution in [0.15, 0.2) is 29.3 Å². The Balaban J connectivity index is 1.73. The fourth-order valence-corrected chi connectivity index (χ4v) is 4.32. The monoisotopic (exact) mass is 419 g/mol. The molecular formula is C23H38FN5O. The molecule has 0 spiro atoms. The second-order valence-electron chi connectivity index (χ2n) is 8.71. The highest BCUT2D eigenvalue weighted by Gasteiger charge is 2.31. The molecule has 2 fully saturated rings. The summed E-state index contributed by atoms with van der Waals surface area (Å²) in [5, 5.41) is 7.05. The highest BCUT2D eigenvalue weighted by molar-refractivity contribution is 5.80. The van der Waals surface area contributed by atoms with Crippen LogP contribution in [0.1, 0.15) is 39.3 Å². The third kappa shape index (κ3) is 6.15. The van der Waals surface area contributed by atoms with Crippen molar-refractivity contribution in [3.8, 4) is 0 Å². The molecule has 0 aromatic heterocycles. The van der Waals surface area contributed by atoms with Crippen molar-refractivity contribution in [3.63, 3.8) is 0 Å². The molecule has 30 heavy (non-hydrogen) atoms. The summed E-state index contributed by atoms with van der Waals surface area (Å²) in [7, 11) is 0. The molecule has 3 unspecified atom stereocenters. The number of morpholine rings is 1. The Morgan fingerprint density at radius 1 is 1.23 bits per heavy atom. The molecule has 0 aliphatic carbocycles. The molecule has 2 N–H and O–H groups in total. The first-order valence-electron chi connectivity index (χ1n) is 11.3. The van der Waals surface area contributed by atoms with Crippen LogP contribution in [0.5, 0.6) is 0 Å². The van der Waals surface area contributed by atoms with Gasteiger partial charge in [0, 0.05) is 44.8 Å². The maximum atomic E-state index is 13.9. The predicted molar refractivity (Wildman–Crippen MR) is 120 cm³/mol. The van der Waals surface area contributed by atoms with E-state index in [0.29, 0.717) is 37.8 Å². The summed E-state index contributed by atoms with van der Waals surface area (Å²) in [6, 6.07) is 7.88. The smallest absolute Gasteiger partial charge is 0.191 e. The maximum Gasteiger partial charge on any atom is 0.191 e. The molecule has 168 valence electrons. The van der Waals surface area contributed by atoms with Crippen LogP contribution in [-0.2, 0) is 4.74 Å². The van der Waals surface area contributed by atoms with Gasteiger partial charge in [-0.2, -0.15) is 0 Å². The molecule has 1 aromatic carbocycles. The number of ether oxygens (including phenoxy) is 1. The Morgan fingerprint density at radius 2 is 2.00 bits per heavy atom. The second-order valence-corrected chi connectivity index (χ2v) is 8.71. The van der Waals surface area contributed by atoms with E-state index in [9.17, 15) is 4.39 Å². The summed E-state index contributed by atoms with van der Waals surface area (Å²) >= 11 is 0. The van der Waals surface area contributed by atoms with Gasteiger partial charge in [-0.25, -0.2) is 4.39 Å². The van der Waals surface area contributed by atoms with Crippen LogP contribution in [0.4, 0.5) is 4.39 Å². The van der Waals surface area contributed by atoms with Crippen molar-refractivity contribution in [1.29, 1.82) is 0 Å². The fraction of sp³-hybridized carbons (Fsp3) is 0.696. The highest BCUT2D eigenvalue weighted by Crippen LogP contribution is 2.23. The number of hydrogen-bond donors (Lipinski definition) is 2. The molecule has 0 bridgehead atoms. The molecule has 3 rings (SSSR count). The van der Waals surface area contributed by atoms with Gasteiger partial charge in [-0.05, 0) is 44.4 Å². The number of aliphatic imine (C=N–C) groups is 1. The molecule has 0 radical (unpaired) electrons. The molecule has 2 saturated heterocycles. The van der Waals surface area contributed by atoms with Gasteiger partial charge in [-0.3, -0.25) is 14.8 Å². The van der Waals surface area contributed by atoms with Gasteiger partial charge in [0.05, 0.1) is 25.8 Å². The SMILES string of the molecule is CCNC(=NCC(c1cccc(F)c1)N1CCOCC1)NC1CN(C(C)C)CC1C. The Kier molecular flexibility index (Phi) is 8.48. The van der Waals surface area contributed by atoms with E-state index in [0.717, 1.165) is 44.2 Å². The summed E-state index contributed by atoms with van der Waals surface area (Å²) in [4.78, 5) is 9.79. The van der Waals surface area contributed by atoms with E-state index < -0.39 is 0 Å². The van der Waals surface area contributed by atoms with Gasteiger partial charge >= 0.3 is 0 Å². The van der Waals surface area contributed by atoms with Crippen LogP contribution in [0.25, 0.3) is 0 Å². The van der Waals surface area contributed by atoms with E-state index >= 15 is 0 Å². The minimum Gasteiger partial charge on any atom is -0.379 e. The summed E-state index contributed by atoms with van der Waals surface area (Å²) in [6.45, 7) is 15.5. The third-order valence-electron chi connectivity index (χ3n) is 6.18. The average molecular weight is 420 g/mol. The summed E-state index contributed by atoms with van der Waals surface area (Å²) in [5.74, 6) is 1.21. The van der Waals surface area contributed by atoms with Crippen molar-refractivity contribution < 1.29 is 9.13 Å². The first-order valence-corrected chi connectivity index (χ1v) is 11.3. The zero-order valence-corrected chi connectivity index (χ0v) is 18.9. The number of nitrogens with zero attached hydrogens (tertiary/aromatic N) is 3. The van der Waals surface area contributed by atoms with Crippen molar-refractivity contribution in [2.24, 2.45) is 10.9 Å². The van der Waals surface area contributed by atoms with Crippen LogP contribution >= 0.6 is 0 Å². The number of nitrogens with one attached hydrogen (secondary N) is 2. The molecule has 2 heterocycles. The van der Waals surface area contributed by atoms with Crippen LogP contribution < -0.4 is 10.6 Å². The van der Waals surface area contributed by atoms with Gasteiger partial charge in [-0.1, -0.05) is 19.1 Å². The van der Waals surface area contributed by atoms with Crippen LogP contribution in [0.2, 0.25) is 0 Å². The first-order chi connectivity index (χ1) is 14.5. The lowest BCUT2D eigenvalue weighted by Crippen LogP contribution is -2.47. The van der Waals surface area contributed by atoms with Gasteiger partial charge in [-0.15, -0.1) is 0 Å². The number of halogens is 1. The van der Waals surface area contributed by atoms with E-state index in [-0.39, 0.29) is 11.9 Å². The summed E-state index contributed by atoms with van der Waals surface area (Å²) in [6.07, 6.45) is 0. The van der Waals surface area contributed by atoms with Gasteiger partial charge in [0.2, 0.25) is 0 Å². The minimum atomic E-state index is -0.201. The largest absolute Gasteiger partial charge is 0.379 e. The Bertz CT molecular complexity index is 692. The summed E-state index contributed by atoms with van der Waals surface area (Å²) in [5.41, 5.74) is 0.969. The number of guanidine groups is 1.